The van der Waals surface area contributed by atoms with Gasteiger partial charge < -0.3 is 5.32 Å². The van der Waals surface area contributed by atoms with Gasteiger partial charge in [0, 0.05) is 24.1 Å². The molecule has 1 heterocycles. The van der Waals surface area contributed by atoms with Crippen LogP contribution in [0.3, 0.4) is 0 Å². The maximum atomic E-state index is 8.78. The average Bonchev–Trinajstić information content (AvgIpc) is 2.86. The molecular formula is C15H18N4S. The number of nitrogens with zero attached hydrogens (tertiary/aromatic N) is 3. The van der Waals surface area contributed by atoms with Crippen LogP contribution in [-0.4, -0.2) is 22.3 Å². The summed E-state index contributed by atoms with van der Waals surface area (Å²) in [6.45, 7) is 7.34. The van der Waals surface area contributed by atoms with Gasteiger partial charge >= 0.3 is 0 Å². The van der Waals surface area contributed by atoms with Gasteiger partial charge in [0.2, 0.25) is 0 Å². The molecule has 0 saturated carbocycles. The van der Waals surface area contributed by atoms with Crippen molar-refractivity contribution in [1.29, 1.82) is 5.26 Å². The summed E-state index contributed by atoms with van der Waals surface area (Å²) >= 11 is 1.60. The molecule has 0 amide bonds. The second-order valence-electron chi connectivity index (χ2n) is 5.62. The molecule has 0 bridgehead atoms. The minimum absolute atomic E-state index is 0.126. The molecule has 2 rings (SSSR count). The van der Waals surface area contributed by atoms with Gasteiger partial charge in [0.05, 0.1) is 11.6 Å². The largest absolute Gasteiger partial charge is 0.312 e. The molecule has 0 unspecified atom stereocenters. The van der Waals surface area contributed by atoms with Crippen LogP contribution in [-0.2, 0) is 6.42 Å². The van der Waals surface area contributed by atoms with Crippen LogP contribution in [0.15, 0.2) is 24.3 Å². The molecule has 0 spiro atoms. The Kier molecular flexibility index (Phi) is 4.48. The lowest BCUT2D eigenvalue weighted by Crippen LogP contribution is -2.37. The van der Waals surface area contributed by atoms with Gasteiger partial charge in [-0.15, -0.1) is 10.2 Å². The van der Waals surface area contributed by atoms with Crippen molar-refractivity contribution < 1.29 is 0 Å². The Hall–Kier alpha value is -1.77. The second kappa shape index (κ2) is 6.12. The molecule has 1 aromatic carbocycles. The zero-order valence-corrected chi connectivity index (χ0v) is 12.8. The van der Waals surface area contributed by atoms with Crippen LogP contribution in [0.1, 0.15) is 31.3 Å². The molecule has 0 aliphatic carbocycles. The second-order valence-corrected chi connectivity index (χ2v) is 6.68. The van der Waals surface area contributed by atoms with E-state index in [2.05, 4.69) is 42.4 Å². The van der Waals surface area contributed by atoms with E-state index >= 15 is 0 Å². The SMILES string of the molecule is CC(C)(C)NCCc1nnc(-c2ccc(C#N)cc2)s1. The highest BCUT2D eigenvalue weighted by molar-refractivity contribution is 7.14. The molecule has 0 aliphatic rings. The highest BCUT2D eigenvalue weighted by Crippen LogP contribution is 2.23. The zero-order chi connectivity index (χ0) is 14.6. The molecular weight excluding hydrogens is 268 g/mol. The van der Waals surface area contributed by atoms with E-state index in [-0.39, 0.29) is 5.54 Å². The van der Waals surface area contributed by atoms with Crippen LogP contribution in [0.5, 0.6) is 0 Å². The molecule has 1 N–H and O–H groups in total. The van der Waals surface area contributed by atoms with Gasteiger partial charge in [0.15, 0.2) is 0 Å². The molecule has 104 valence electrons. The van der Waals surface area contributed by atoms with Crippen LogP contribution in [0.4, 0.5) is 0 Å². The Balaban J connectivity index is 1.99. The lowest BCUT2D eigenvalue weighted by molar-refractivity contribution is 0.429. The first-order valence-corrected chi connectivity index (χ1v) is 7.37. The number of rotatable bonds is 4. The molecule has 0 radical (unpaired) electrons. The summed E-state index contributed by atoms with van der Waals surface area (Å²) in [5, 5.41) is 22.6. The smallest absolute Gasteiger partial charge is 0.147 e. The minimum Gasteiger partial charge on any atom is -0.312 e. The number of hydrogen-bond donors (Lipinski definition) is 1. The summed E-state index contributed by atoms with van der Waals surface area (Å²) in [6.07, 6.45) is 0.880. The normalized spacial score (nSPS) is 11.3. The number of hydrogen-bond acceptors (Lipinski definition) is 5. The van der Waals surface area contributed by atoms with E-state index < -0.39 is 0 Å². The monoisotopic (exact) mass is 286 g/mol. The third-order valence-corrected chi connectivity index (χ3v) is 3.75. The Morgan fingerprint density at radius 2 is 1.90 bits per heavy atom. The van der Waals surface area contributed by atoms with Crippen LogP contribution in [0.2, 0.25) is 0 Å². The fourth-order valence-corrected chi connectivity index (χ4v) is 2.55. The Morgan fingerprint density at radius 3 is 2.50 bits per heavy atom. The molecule has 0 fully saturated rings. The predicted molar refractivity (Wildman–Crippen MR) is 81.5 cm³/mol. The van der Waals surface area contributed by atoms with Crippen molar-refractivity contribution in [1.82, 2.24) is 15.5 Å². The van der Waals surface area contributed by atoms with E-state index in [0.717, 1.165) is 28.5 Å². The van der Waals surface area contributed by atoms with Crippen molar-refractivity contribution in [2.45, 2.75) is 32.7 Å². The molecule has 2 aromatic rings. The fraction of sp³-hybridized carbons (Fsp3) is 0.400. The quantitative estimate of drug-likeness (QED) is 0.938. The third kappa shape index (κ3) is 4.12. The van der Waals surface area contributed by atoms with Gasteiger partial charge in [-0.2, -0.15) is 5.26 Å². The van der Waals surface area contributed by atoms with Crippen molar-refractivity contribution >= 4 is 11.3 Å². The first-order chi connectivity index (χ1) is 9.48. The Morgan fingerprint density at radius 1 is 1.20 bits per heavy atom. The van der Waals surface area contributed by atoms with Gasteiger partial charge in [-0.3, -0.25) is 0 Å². The van der Waals surface area contributed by atoms with Gasteiger partial charge in [-0.25, -0.2) is 0 Å². The van der Waals surface area contributed by atoms with Gasteiger partial charge in [-0.1, -0.05) is 23.5 Å². The summed E-state index contributed by atoms with van der Waals surface area (Å²) in [5.41, 5.74) is 1.80. The maximum Gasteiger partial charge on any atom is 0.147 e. The van der Waals surface area contributed by atoms with Crippen LogP contribution in [0.25, 0.3) is 10.6 Å². The number of aromatic nitrogens is 2. The summed E-state index contributed by atoms with van der Waals surface area (Å²) in [6, 6.07) is 9.54. The summed E-state index contributed by atoms with van der Waals surface area (Å²) < 4.78 is 0. The van der Waals surface area contributed by atoms with E-state index in [9.17, 15) is 0 Å². The maximum absolute atomic E-state index is 8.78. The minimum atomic E-state index is 0.126. The van der Waals surface area contributed by atoms with Crippen molar-refractivity contribution in [2.24, 2.45) is 0 Å². The van der Waals surface area contributed by atoms with E-state index in [4.69, 9.17) is 5.26 Å². The van der Waals surface area contributed by atoms with Crippen LogP contribution >= 0.6 is 11.3 Å². The number of benzene rings is 1. The lowest BCUT2D eigenvalue weighted by atomic mass is 10.1. The summed E-state index contributed by atoms with van der Waals surface area (Å²) in [5.74, 6) is 0. The highest BCUT2D eigenvalue weighted by atomic mass is 32.1. The molecule has 4 nitrogen and oxygen atoms in total. The van der Waals surface area contributed by atoms with Gasteiger partial charge in [-0.05, 0) is 32.9 Å². The predicted octanol–water partition coefficient (Wildman–Crippen LogP) is 3.01. The molecule has 20 heavy (non-hydrogen) atoms. The fourth-order valence-electron chi connectivity index (χ4n) is 1.70. The first kappa shape index (κ1) is 14.6. The number of nitriles is 1. The summed E-state index contributed by atoms with van der Waals surface area (Å²) in [7, 11) is 0. The van der Waals surface area contributed by atoms with Gasteiger partial charge in [0.1, 0.15) is 10.0 Å². The molecule has 5 heteroatoms. The number of nitrogens with one attached hydrogen (secondary N) is 1. The lowest BCUT2D eigenvalue weighted by Gasteiger charge is -2.19. The van der Waals surface area contributed by atoms with E-state index in [0.29, 0.717) is 5.56 Å². The highest BCUT2D eigenvalue weighted by Gasteiger charge is 2.10. The molecule has 1 aromatic heterocycles. The Bertz CT molecular complexity index is 602. The van der Waals surface area contributed by atoms with Crippen LogP contribution < -0.4 is 5.32 Å². The Labute approximate surface area is 123 Å². The molecule has 0 atom stereocenters. The van der Waals surface area contributed by atoms with E-state index in [1.807, 2.05) is 12.1 Å². The van der Waals surface area contributed by atoms with Crippen molar-refractivity contribution in [3.8, 4) is 16.6 Å². The standard InChI is InChI=1S/C15H18N4S/c1-15(2,3)17-9-8-13-18-19-14(20-13)12-6-4-11(10-16)5-7-12/h4-7,17H,8-9H2,1-3H3. The van der Waals surface area contributed by atoms with Crippen molar-refractivity contribution in [3.63, 3.8) is 0 Å². The van der Waals surface area contributed by atoms with Crippen molar-refractivity contribution in [3.05, 3.63) is 34.8 Å². The van der Waals surface area contributed by atoms with E-state index in [1.54, 1.807) is 23.5 Å². The topological polar surface area (TPSA) is 61.6 Å². The average molecular weight is 286 g/mol. The molecule has 0 aliphatic heterocycles. The third-order valence-electron chi connectivity index (χ3n) is 2.72. The van der Waals surface area contributed by atoms with Gasteiger partial charge in [0.25, 0.3) is 0 Å². The van der Waals surface area contributed by atoms with Crippen LogP contribution in [0, 0.1) is 11.3 Å². The van der Waals surface area contributed by atoms with Crippen molar-refractivity contribution in [2.75, 3.05) is 6.54 Å². The first-order valence-electron chi connectivity index (χ1n) is 6.56. The summed E-state index contributed by atoms with van der Waals surface area (Å²) in [4.78, 5) is 0. The van der Waals surface area contributed by atoms with E-state index in [1.165, 1.54) is 0 Å². The molecule has 0 saturated heterocycles. The zero-order valence-electron chi connectivity index (χ0n) is 12.0.